The Morgan fingerprint density at radius 2 is 1.95 bits per heavy atom. The van der Waals surface area contributed by atoms with Crippen LogP contribution in [0.3, 0.4) is 0 Å². The number of halogens is 2. The fraction of sp³-hybridized carbons (Fsp3) is 0.562. The summed E-state index contributed by atoms with van der Waals surface area (Å²) in [7, 11) is 1.77. The van der Waals surface area contributed by atoms with Crippen LogP contribution in [0.1, 0.15) is 31.2 Å². The summed E-state index contributed by atoms with van der Waals surface area (Å²) in [4.78, 5) is 14.0. The van der Waals surface area contributed by atoms with Crippen LogP contribution in [0.15, 0.2) is 18.2 Å². The van der Waals surface area contributed by atoms with E-state index in [4.69, 9.17) is 0 Å². The summed E-state index contributed by atoms with van der Waals surface area (Å²) in [6.45, 7) is 0. The van der Waals surface area contributed by atoms with Gasteiger partial charge in [0, 0.05) is 30.7 Å². The second-order valence-corrected chi connectivity index (χ2v) is 6.18. The van der Waals surface area contributed by atoms with Gasteiger partial charge in [-0.15, -0.1) is 0 Å². The standard InChI is InChI=1S/C16H20F2N2O/c1-20(14-8-12-3-4-13(9-14)19-12)16(21)7-10-6-11(17)2-5-15(10)18/h2,5-6,12-14,19H,3-4,7-9H2,1H3/t12-,13+,14?. The molecule has 114 valence electrons. The molecule has 1 aromatic carbocycles. The van der Waals surface area contributed by atoms with E-state index < -0.39 is 11.6 Å². The average molecular weight is 294 g/mol. The molecule has 2 bridgehead atoms. The van der Waals surface area contributed by atoms with Crippen LogP contribution in [-0.4, -0.2) is 36.0 Å². The van der Waals surface area contributed by atoms with Gasteiger partial charge in [-0.2, -0.15) is 0 Å². The number of nitrogens with one attached hydrogen (secondary N) is 1. The van der Waals surface area contributed by atoms with Crippen LogP contribution < -0.4 is 5.32 Å². The van der Waals surface area contributed by atoms with Crippen molar-refractivity contribution in [2.75, 3.05) is 7.05 Å². The molecule has 0 aromatic heterocycles. The van der Waals surface area contributed by atoms with E-state index in [0.29, 0.717) is 12.1 Å². The smallest absolute Gasteiger partial charge is 0.227 e. The Morgan fingerprint density at radius 1 is 1.29 bits per heavy atom. The van der Waals surface area contributed by atoms with Gasteiger partial charge in [-0.1, -0.05) is 0 Å². The molecule has 2 aliphatic rings. The molecule has 1 unspecified atom stereocenters. The molecule has 21 heavy (non-hydrogen) atoms. The van der Waals surface area contributed by atoms with Gasteiger partial charge >= 0.3 is 0 Å². The molecule has 2 fully saturated rings. The van der Waals surface area contributed by atoms with Crippen molar-refractivity contribution in [3.8, 4) is 0 Å². The lowest BCUT2D eigenvalue weighted by molar-refractivity contribution is -0.132. The number of rotatable bonds is 3. The van der Waals surface area contributed by atoms with Crippen LogP contribution in [0.4, 0.5) is 8.78 Å². The maximum Gasteiger partial charge on any atom is 0.227 e. The molecule has 2 saturated heterocycles. The predicted molar refractivity (Wildman–Crippen MR) is 75.8 cm³/mol. The van der Waals surface area contributed by atoms with Gasteiger partial charge in [-0.3, -0.25) is 4.79 Å². The monoisotopic (exact) mass is 294 g/mol. The van der Waals surface area contributed by atoms with Crippen LogP contribution in [0.2, 0.25) is 0 Å². The first-order valence-corrected chi connectivity index (χ1v) is 7.48. The third kappa shape index (κ3) is 3.07. The number of nitrogens with zero attached hydrogens (tertiary/aromatic N) is 1. The summed E-state index contributed by atoms with van der Waals surface area (Å²) < 4.78 is 26.8. The molecule has 0 radical (unpaired) electrons. The van der Waals surface area contributed by atoms with Crippen molar-refractivity contribution < 1.29 is 13.6 Å². The summed E-state index contributed by atoms with van der Waals surface area (Å²) >= 11 is 0. The van der Waals surface area contributed by atoms with Gasteiger partial charge in [0.2, 0.25) is 5.91 Å². The summed E-state index contributed by atoms with van der Waals surface area (Å²) in [6.07, 6.45) is 4.15. The zero-order valence-corrected chi connectivity index (χ0v) is 12.1. The van der Waals surface area contributed by atoms with E-state index in [1.807, 2.05) is 0 Å². The van der Waals surface area contributed by atoms with Crippen molar-refractivity contribution in [2.24, 2.45) is 0 Å². The Bertz CT molecular complexity index is 537. The normalized spacial score (nSPS) is 27.7. The third-order valence-corrected chi connectivity index (χ3v) is 4.74. The topological polar surface area (TPSA) is 32.3 Å². The Labute approximate surface area is 123 Å². The van der Waals surface area contributed by atoms with Crippen molar-refractivity contribution in [3.05, 3.63) is 35.4 Å². The third-order valence-electron chi connectivity index (χ3n) is 4.74. The minimum atomic E-state index is -0.525. The molecule has 3 atom stereocenters. The molecule has 1 amide bonds. The second kappa shape index (κ2) is 5.72. The highest BCUT2D eigenvalue weighted by Gasteiger charge is 2.36. The minimum absolute atomic E-state index is 0.0840. The molecule has 3 nitrogen and oxygen atoms in total. The Hall–Kier alpha value is -1.49. The minimum Gasteiger partial charge on any atom is -0.342 e. The fourth-order valence-electron chi connectivity index (χ4n) is 3.51. The first-order chi connectivity index (χ1) is 10.0. The van der Waals surface area contributed by atoms with Gasteiger partial charge in [0.15, 0.2) is 0 Å². The average Bonchev–Trinajstić information content (AvgIpc) is 2.80. The Kier molecular flexibility index (Phi) is 3.93. The van der Waals surface area contributed by atoms with Gasteiger partial charge < -0.3 is 10.2 Å². The number of fused-ring (bicyclic) bond motifs is 2. The maximum absolute atomic E-state index is 13.6. The summed E-state index contributed by atoms with van der Waals surface area (Å²) in [5.74, 6) is -1.18. The lowest BCUT2D eigenvalue weighted by Crippen LogP contribution is -2.49. The molecule has 0 saturated carbocycles. The summed E-state index contributed by atoms with van der Waals surface area (Å²) in [5.41, 5.74) is 0.128. The molecule has 0 aliphatic carbocycles. The molecular weight excluding hydrogens is 274 g/mol. The highest BCUT2D eigenvalue weighted by Crippen LogP contribution is 2.29. The van der Waals surface area contributed by atoms with Gasteiger partial charge in [0.1, 0.15) is 11.6 Å². The molecular formula is C16H20F2N2O. The van der Waals surface area contributed by atoms with Crippen LogP contribution in [0.25, 0.3) is 0 Å². The number of piperidine rings is 1. The van der Waals surface area contributed by atoms with Crippen LogP contribution in [0.5, 0.6) is 0 Å². The van der Waals surface area contributed by atoms with Crippen molar-refractivity contribution in [1.82, 2.24) is 10.2 Å². The molecule has 1 N–H and O–H groups in total. The number of carbonyl (C=O) groups excluding carboxylic acids is 1. The first-order valence-electron chi connectivity index (χ1n) is 7.48. The van der Waals surface area contributed by atoms with E-state index in [2.05, 4.69) is 5.32 Å². The van der Waals surface area contributed by atoms with Crippen LogP contribution >= 0.6 is 0 Å². The van der Waals surface area contributed by atoms with E-state index in [0.717, 1.165) is 31.0 Å². The SMILES string of the molecule is CN(C(=O)Cc1cc(F)ccc1F)C1C[C@H]2CC[C@@H](C1)N2. The van der Waals surface area contributed by atoms with E-state index in [1.54, 1.807) is 11.9 Å². The number of carbonyl (C=O) groups is 1. The maximum atomic E-state index is 13.6. The predicted octanol–water partition coefficient (Wildman–Crippen LogP) is 2.25. The highest BCUT2D eigenvalue weighted by atomic mass is 19.1. The van der Waals surface area contributed by atoms with Gasteiger partial charge in [-0.25, -0.2) is 8.78 Å². The molecule has 1 aromatic rings. The number of hydrogen-bond acceptors (Lipinski definition) is 2. The quantitative estimate of drug-likeness (QED) is 0.927. The number of benzene rings is 1. The fourth-order valence-corrected chi connectivity index (χ4v) is 3.51. The van der Waals surface area contributed by atoms with Gasteiger partial charge in [-0.05, 0) is 43.9 Å². The molecule has 2 aliphatic heterocycles. The summed E-state index contributed by atoms with van der Waals surface area (Å²) in [5, 5.41) is 3.53. The van der Waals surface area contributed by atoms with Crippen molar-refractivity contribution in [3.63, 3.8) is 0 Å². The lowest BCUT2D eigenvalue weighted by Gasteiger charge is -2.35. The zero-order chi connectivity index (χ0) is 15.0. The molecule has 3 rings (SSSR count). The number of amides is 1. The molecule has 2 heterocycles. The van der Waals surface area contributed by atoms with Crippen LogP contribution in [0, 0.1) is 11.6 Å². The number of hydrogen-bond donors (Lipinski definition) is 1. The number of likely N-dealkylation sites (N-methyl/N-ethyl adjacent to an activating group) is 1. The largest absolute Gasteiger partial charge is 0.342 e. The summed E-state index contributed by atoms with van der Waals surface area (Å²) in [6, 6.07) is 4.44. The van der Waals surface area contributed by atoms with Crippen LogP contribution in [-0.2, 0) is 11.2 Å². The van der Waals surface area contributed by atoms with Gasteiger partial charge in [0.05, 0.1) is 6.42 Å². The first kappa shape index (κ1) is 14.4. The zero-order valence-electron chi connectivity index (χ0n) is 12.1. The van der Waals surface area contributed by atoms with E-state index in [1.165, 1.54) is 12.8 Å². The Morgan fingerprint density at radius 3 is 2.62 bits per heavy atom. The van der Waals surface area contributed by atoms with E-state index in [-0.39, 0.29) is 23.9 Å². The van der Waals surface area contributed by atoms with E-state index >= 15 is 0 Å². The molecule has 5 heteroatoms. The van der Waals surface area contributed by atoms with Gasteiger partial charge in [0.25, 0.3) is 0 Å². The van der Waals surface area contributed by atoms with Crippen molar-refractivity contribution in [1.29, 1.82) is 0 Å². The highest BCUT2D eigenvalue weighted by molar-refractivity contribution is 5.79. The van der Waals surface area contributed by atoms with E-state index in [9.17, 15) is 13.6 Å². The van der Waals surface area contributed by atoms with Crippen molar-refractivity contribution in [2.45, 2.75) is 50.2 Å². The second-order valence-electron chi connectivity index (χ2n) is 6.18. The molecule has 0 spiro atoms. The lowest BCUT2D eigenvalue weighted by atomic mass is 9.98. The Balaban J connectivity index is 1.66. The van der Waals surface area contributed by atoms with Crippen molar-refractivity contribution >= 4 is 5.91 Å².